The van der Waals surface area contributed by atoms with Gasteiger partial charge in [-0.15, -0.1) is 0 Å². The van der Waals surface area contributed by atoms with E-state index in [-0.39, 0.29) is 11.9 Å². The summed E-state index contributed by atoms with van der Waals surface area (Å²) < 4.78 is 15.3. The number of nitrogens with zero attached hydrogens (tertiary/aromatic N) is 2. The molecule has 2 rings (SSSR count). The summed E-state index contributed by atoms with van der Waals surface area (Å²) in [6.45, 7) is 3.58. The van der Waals surface area contributed by atoms with Crippen LogP contribution in [0.2, 0.25) is 5.02 Å². The minimum Gasteiger partial charge on any atom is -0.324 e. The first-order valence-electron chi connectivity index (χ1n) is 5.26. The highest BCUT2D eigenvalue weighted by Gasteiger charge is 2.10. The fourth-order valence-corrected chi connectivity index (χ4v) is 1.68. The quantitative estimate of drug-likeness (QED) is 0.894. The normalized spacial score (nSPS) is 12.8. The Balaban J connectivity index is 2.46. The average Bonchev–Trinajstić information content (AvgIpc) is 2.58. The lowest BCUT2D eigenvalue weighted by atomic mass is 10.1. The van der Waals surface area contributed by atoms with Crippen molar-refractivity contribution < 1.29 is 4.39 Å². The molecule has 0 aliphatic carbocycles. The molecule has 1 aromatic carbocycles. The third-order valence-corrected chi connectivity index (χ3v) is 2.95. The van der Waals surface area contributed by atoms with Gasteiger partial charge < -0.3 is 5.73 Å². The monoisotopic (exact) mass is 253 g/mol. The molecule has 1 atom stereocenters. The van der Waals surface area contributed by atoms with E-state index in [4.69, 9.17) is 17.3 Å². The Labute approximate surface area is 104 Å². The predicted molar refractivity (Wildman–Crippen MR) is 65.9 cm³/mol. The van der Waals surface area contributed by atoms with Crippen LogP contribution in [-0.2, 0) is 0 Å². The molecule has 5 heteroatoms. The van der Waals surface area contributed by atoms with E-state index in [1.165, 1.54) is 10.7 Å². The number of rotatable bonds is 2. The molecule has 0 unspecified atom stereocenters. The number of nitrogens with two attached hydrogens (primary N) is 1. The van der Waals surface area contributed by atoms with E-state index in [1.54, 1.807) is 25.3 Å². The van der Waals surface area contributed by atoms with E-state index in [0.717, 1.165) is 5.56 Å². The van der Waals surface area contributed by atoms with Gasteiger partial charge in [-0.1, -0.05) is 17.7 Å². The summed E-state index contributed by atoms with van der Waals surface area (Å²) in [6.07, 6.45) is 1.58. The van der Waals surface area contributed by atoms with Crippen molar-refractivity contribution >= 4 is 11.6 Å². The number of halogens is 2. The molecule has 0 bridgehead atoms. The summed E-state index contributed by atoms with van der Waals surface area (Å²) in [5.41, 5.74) is 7.47. The van der Waals surface area contributed by atoms with Crippen LogP contribution < -0.4 is 5.73 Å². The molecule has 1 aromatic heterocycles. The molecule has 0 amide bonds. The molecule has 0 fully saturated rings. The van der Waals surface area contributed by atoms with Gasteiger partial charge in [0.25, 0.3) is 0 Å². The summed E-state index contributed by atoms with van der Waals surface area (Å²) in [4.78, 5) is 0. The summed E-state index contributed by atoms with van der Waals surface area (Å²) in [6, 6.07) is 4.66. The van der Waals surface area contributed by atoms with Crippen molar-refractivity contribution in [3.8, 4) is 5.69 Å². The Hall–Kier alpha value is -1.39. The van der Waals surface area contributed by atoms with Crippen LogP contribution in [0.1, 0.15) is 24.2 Å². The molecule has 17 heavy (non-hydrogen) atoms. The Morgan fingerprint density at radius 1 is 1.47 bits per heavy atom. The fourth-order valence-electron chi connectivity index (χ4n) is 1.55. The molecule has 0 radical (unpaired) electrons. The molecule has 90 valence electrons. The second-order valence-corrected chi connectivity index (χ2v) is 4.41. The standard InChI is InChI=1S/C12H13ClFN3/c1-7(15)9-3-4-12(11(14)5-9)17-6-10(13)8(2)16-17/h3-7H,15H2,1-2H3/t7-/m0/s1. The first-order chi connectivity index (χ1) is 7.99. The molecule has 2 N–H and O–H groups in total. The molecular weight excluding hydrogens is 241 g/mol. The van der Waals surface area contributed by atoms with Gasteiger partial charge in [-0.25, -0.2) is 9.07 Å². The number of hydrogen-bond donors (Lipinski definition) is 1. The van der Waals surface area contributed by atoms with Gasteiger partial charge >= 0.3 is 0 Å². The van der Waals surface area contributed by atoms with Crippen LogP contribution >= 0.6 is 11.6 Å². The van der Waals surface area contributed by atoms with Crippen LogP contribution in [-0.4, -0.2) is 9.78 Å². The largest absolute Gasteiger partial charge is 0.324 e. The van der Waals surface area contributed by atoms with Gasteiger partial charge in [-0.2, -0.15) is 5.10 Å². The highest BCUT2D eigenvalue weighted by molar-refractivity contribution is 6.31. The van der Waals surface area contributed by atoms with Gasteiger partial charge in [0.1, 0.15) is 11.5 Å². The van der Waals surface area contributed by atoms with Crippen molar-refractivity contribution in [2.75, 3.05) is 0 Å². The zero-order chi connectivity index (χ0) is 12.6. The summed E-state index contributed by atoms with van der Waals surface area (Å²) in [7, 11) is 0. The molecule has 0 spiro atoms. The Bertz CT molecular complexity index is 529. The smallest absolute Gasteiger partial charge is 0.149 e. The average molecular weight is 254 g/mol. The van der Waals surface area contributed by atoms with E-state index in [1.807, 2.05) is 6.92 Å². The summed E-state index contributed by atoms with van der Waals surface area (Å²) in [5.74, 6) is -0.362. The van der Waals surface area contributed by atoms with Crippen LogP contribution in [0.5, 0.6) is 0 Å². The Morgan fingerprint density at radius 2 is 2.18 bits per heavy atom. The predicted octanol–water partition coefficient (Wildman–Crippen LogP) is 2.99. The van der Waals surface area contributed by atoms with Gasteiger partial charge in [0.2, 0.25) is 0 Å². The van der Waals surface area contributed by atoms with E-state index in [9.17, 15) is 4.39 Å². The van der Waals surface area contributed by atoms with Crippen molar-refractivity contribution in [1.29, 1.82) is 0 Å². The maximum Gasteiger partial charge on any atom is 0.149 e. The van der Waals surface area contributed by atoms with Crippen LogP contribution in [0.15, 0.2) is 24.4 Å². The van der Waals surface area contributed by atoms with Crippen molar-refractivity contribution in [3.63, 3.8) is 0 Å². The van der Waals surface area contributed by atoms with Crippen LogP contribution in [0, 0.1) is 12.7 Å². The van der Waals surface area contributed by atoms with Crippen molar-refractivity contribution in [1.82, 2.24) is 9.78 Å². The maximum atomic E-state index is 13.9. The zero-order valence-corrected chi connectivity index (χ0v) is 10.4. The van der Waals surface area contributed by atoms with Crippen LogP contribution in [0.25, 0.3) is 5.69 Å². The van der Waals surface area contributed by atoms with Gasteiger partial charge in [-0.05, 0) is 31.5 Å². The Morgan fingerprint density at radius 3 is 2.65 bits per heavy atom. The van der Waals surface area contributed by atoms with Gasteiger partial charge in [0.05, 0.1) is 10.7 Å². The maximum absolute atomic E-state index is 13.9. The lowest BCUT2D eigenvalue weighted by Gasteiger charge is -2.08. The third kappa shape index (κ3) is 2.33. The van der Waals surface area contributed by atoms with Crippen molar-refractivity contribution in [2.24, 2.45) is 5.73 Å². The molecule has 0 aliphatic heterocycles. The van der Waals surface area contributed by atoms with Crippen LogP contribution in [0.4, 0.5) is 4.39 Å². The molecular formula is C12H13ClFN3. The SMILES string of the molecule is Cc1nn(-c2ccc([C@H](C)N)cc2F)cc1Cl. The van der Waals surface area contributed by atoms with Crippen molar-refractivity contribution in [3.05, 3.63) is 46.5 Å². The highest BCUT2D eigenvalue weighted by Crippen LogP contribution is 2.21. The second kappa shape index (κ2) is 4.47. The molecule has 0 saturated heterocycles. The topological polar surface area (TPSA) is 43.8 Å². The van der Waals surface area contributed by atoms with E-state index >= 15 is 0 Å². The number of aromatic nitrogens is 2. The zero-order valence-electron chi connectivity index (χ0n) is 9.61. The van der Waals surface area contributed by atoms with Gasteiger partial charge in [0, 0.05) is 12.2 Å². The molecule has 1 heterocycles. The molecule has 0 aliphatic rings. The second-order valence-electron chi connectivity index (χ2n) is 4.01. The highest BCUT2D eigenvalue weighted by atomic mass is 35.5. The lowest BCUT2D eigenvalue weighted by molar-refractivity contribution is 0.605. The molecule has 3 nitrogen and oxygen atoms in total. The Kier molecular flexibility index (Phi) is 3.17. The van der Waals surface area contributed by atoms with E-state index in [0.29, 0.717) is 16.4 Å². The van der Waals surface area contributed by atoms with Crippen LogP contribution in [0.3, 0.4) is 0 Å². The minimum atomic E-state index is -0.362. The van der Waals surface area contributed by atoms with Gasteiger partial charge in [-0.3, -0.25) is 0 Å². The fraction of sp³-hybridized carbons (Fsp3) is 0.250. The van der Waals surface area contributed by atoms with Crippen molar-refractivity contribution in [2.45, 2.75) is 19.9 Å². The summed E-state index contributed by atoms with van der Waals surface area (Å²) >= 11 is 5.89. The molecule has 2 aromatic rings. The lowest BCUT2D eigenvalue weighted by Crippen LogP contribution is -2.07. The first kappa shape index (κ1) is 12.1. The minimum absolute atomic E-state index is 0.193. The third-order valence-electron chi connectivity index (χ3n) is 2.58. The van der Waals surface area contributed by atoms with E-state index < -0.39 is 0 Å². The number of benzene rings is 1. The van der Waals surface area contributed by atoms with Gasteiger partial charge in [0.15, 0.2) is 0 Å². The number of aryl methyl sites for hydroxylation is 1. The summed E-state index contributed by atoms with van der Waals surface area (Å²) in [5, 5.41) is 4.64. The first-order valence-corrected chi connectivity index (χ1v) is 5.64. The van der Waals surface area contributed by atoms with E-state index in [2.05, 4.69) is 5.10 Å². The molecule has 0 saturated carbocycles. The number of hydrogen-bond acceptors (Lipinski definition) is 2.